The number of hydrogen-bond donors (Lipinski definition) is 1. The second kappa shape index (κ2) is 9.15. The van der Waals surface area contributed by atoms with Gasteiger partial charge >= 0.3 is 0 Å². The summed E-state index contributed by atoms with van der Waals surface area (Å²) >= 11 is 0. The molecule has 0 saturated carbocycles. The predicted molar refractivity (Wildman–Crippen MR) is 98.8 cm³/mol. The van der Waals surface area contributed by atoms with E-state index in [9.17, 15) is 13.2 Å². The highest BCUT2D eigenvalue weighted by Gasteiger charge is 2.17. The van der Waals surface area contributed by atoms with Crippen LogP contribution >= 0.6 is 0 Å². The Kier molecular flexibility index (Phi) is 7.86. The number of carbonyl (C=O) groups excluding carboxylic acids is 1. The number of carbonyl (C=O) groups is 1. The van der Waals surface area contributed by atoms with Crippen molar-refractivity contribution in [1.82, 2.24) is 9.21 Å². The maximum atomic E-state index is 12.1. The summed E-state index contributed by atoms with van der Waals surface area (Å²) in [6, 6.07) is 5.81. The number of nitrogens with one attached hydrogen (secondary N) is 1. The number of nitrogens with zero attached hydrogens (tertiary/aromatic N) is 2. The van der Waals surface area contributed by atoms with Crippen molar-refractivity contribution in [2.45, 2.75) is 26.7 Å². The third-order valence-corrected chi connectivity index (χ3v) is 5.03. The van der Waals surface area contributed by atoms with Gasteiger partial charge in [-0.2, -0.15) is 0 Å². The molecule has 0 fully saturated rings. The molecule has 0 radical (unpaired) electrons. The first-order valence-corrected chi connectivity index (χ1v) is 9.91. The number of rotatable bonds is 9. The van der Waals surface area contributed by atoms with Crippen molar-refractivity contribution in [3.05, 3.63) is 29.3 Å². The largest absolute Gasteiger partial charge is 0.326 e. The third kappa shape index (κ3) is 7.42. The van der Waals surface area contributed by atoms with Crippen LogP contribution in [0.25, 0.3) is 0 Å². The first kappa shape index (κ1) is 20.6. The fourth-order valence-corrected chi connectivity index (χ4v) is 3.28. The van der Waals surface area contributed by atoms with Crippen molar-refractivity contribution >= 4 is 21.6 Å². The molecule has 6 nitrogen and oxygen atoms in total. The number of sulfonamides is 1. The van der Waals surface area contributed by atoms with E-state index in [0.717, 1.165) is 29.8 Å². The molecule has 0 saturated heterocycles. The molecule has 0 unspecified atom stereocenters. The van der Waals surface area contributed by atoms with E-state index in [4.69, 9.17) is 0 Å². The predicted octanol–water partition coefficient (Wildman–Crippen LogP) is 1.85. The van der Waals surface area contributed by atoms with Gasteiger partial charge in [0.2, 0.25) is 15.9 Å². The lowest BCUT2D eigenvalue weighted by Crippen LogP contribution is -2.35. The average Bonchev–Trinajstić information content (AvgIpc) is 2.44. The molecule has 1 amide bonds. The van der Waals surface area contributed by atoms with Gasteiger partial charge in [0.1, 0.15) is 0 Å². The second-order valence-electron chi connectivity index (χ2n) is 6.44. The monoisotopic (exact) mass is 355 g/mol. The molecule has 7 heteroatoms. The summed E-state index contributed by atoms with van der Waals surface area (Å²) in [6.45, 7) is 5.36. The van der Waals surface area contributed by atoms with Gasteiger partial charge < -0.3 is 10.2 Å². The zero-order valence-electron chi connectivity index (χ0n) is 15.3. The van der Waals surface area contributed by atoms with Gasteiger partial charge in [-0.1, -0.05) is 17.7 Å². The van der Waals surface area contributed by atoms with E-state index >= 15 is 0 Å². The Balaban J connectivity index is 2.57. The summed E-state index contributed by atoms with van der Waals surface area (Å²) in [6.07, 6.45) is 2.06. The van der Waals surface area contributed by atoms with Gasteiger partial charge in [0.15, 0.2) is 0 Å². The quantitative estimate of drug-likeness (QED) is 0.734. The highest BCUT2D eigenvalue weighted by Crippen LogP contribution is 2.16. The molecule has 1 aromatic carbocycles. The summed E-state index contributed by atoms with van der Waals surface area (Å²) in [4.78, 5) is 14.1. The first-order valence-electron chi connectivity index (χ1n) is 8.06. The van der Waals surface area contributed by atoms with E-state index < -0.39 is 10.0 Å². The normalized spacial score (nSPS) is 12.0. The summed E-state index contributed by atoms with van der Waals surface area (Å²) < 4.78 is 25.1. The van der Waals surface area contributed by atoms with Crippen LogP contribution in [0.2, 0.25) is 0 Å². The highest BCUT2D eigenvalue weighted by atomic mass is 32.2. The van der Waals surface area contributed by atoms with Crippen LogP contribution in [-0.2, 0) is 14.8 Å². The summed E-state index contributed by atoms with van der Waals surface area (Å²) in [7, 11) is 0.583. The van der Waals surface area contributed by atoms with Gasteiger partial charge in [-0.15, -0.1) is 0 Å². The molecule has 0 aliphatic heterocycles. The van der Waals surface area contributed by atoms with E-state index in [-0.39, 0.29) is 18.9 Å². The van der Waals surface area contributed by atoms with Gasteiger partial charge in [0, 0.05) is 25.2 Å². The fraction of sp³-hybridized carbons (Fsp3) is 0.588. The lowest BCUT2D eigenvalue weighted by Gasteiger charge is -2.20. The second-order valence-corrected chi connectivity index (χ2v) is 8.42. The lowest BCUT2D eigenvalue weighted by atomic mass is 10.1. The maximum Gasteiger partial charge on any atom is 0.225 e. The van der Waals surface area contributed by atoms with E-state index in [0.29, 0.717) is 6.54 Å². The van der Waals surface area contributed by atoms with Crippen molar-refractivity contribution < 1.29 is 13.2 Å². The Morgan fingerprint density at radius 2 is 1.79 bits per heavy atom. The van der Waals surface area contributed by atoms with Gasteiger partial charge in [0.25, 0.3) is 0 Å². The standard InChI is InChI=1S/C17H29N3O3S/c1-14-7-8-16(15(2)13-14)18-17(21)9-12-20(24(5,22)23)11-6-10-19(3)4/h7-8,13H,6,9-12H2,1-5H3,(H,18,21). The molecule has 0 aliphatic carbocycles. The highest BCUT2D eigenvalue weighted by molar-refractivity contribution is 7.88. The van der Waals surface area contributed by atoms with Crippen LogP contribution in [0.1, 0.15) is 24.0 Å². The maximum absolute atomic E-state index is 12.1. The Morgan fingerprint density at radius 1 is 1.12 bits per heavy atom. The molecule has 0 aliphatic rings. The fourth-order valence-electron chi connectivity index (χ4n) is 2.40. The van der Waals surface area contributed by atoms with E-state index in [1.54, 1.807) is 0 Å². The third-order valence-electron chi connectivity index (χ3n) is 3.73. The van der Waals surface area contributed by atoms with Crippen LogP contribution in [0.3, 0.4) is 0 Å². The van der Waals surface area contributed by atoms with Crippen LogP contribution in [0, 0.1) is 13.8 Å². The van der Waals surface area contributed by atoms with Crippen LogP contribution in [0.5, 0.6) is 0 Å². The minimum absolute atomic E-state index is 0.141. The van der Waals surface area contributed by atoms with E-state index in [1.165, 1.54) is 10.6 Å². The summed E-state index contributed by atoms with van der Waals surface area (Å²) in [5.41, 5.74) is 2.90. The minimum atomic E-state index is -3.31. The van der Waals surface area contributed by atoms with E-state index in [2.05, 4.69) is 5.32 Å². The molecule has 136 valence electrons. The van der Waals surface area contributed by atoms with Crippen LogP contribution in [0.15, 0.2) is 18.2 Å². The Bertz CT molecular complexity index is 657. The number of hydrogen-bond acceptors (Lipinski definition) is 4. The Hall–Kier alpha value is -1.44. The Labute approximate surface area is 145 Å². The summed E-state index contributed by atoms with van der Waals surface area (Å²) in [5.74, 6) is -0.178. The first-order chi connectivity index (χ1) is 11.1. The Morgan fingerprint density at radius 3 is 2.33 bits per heavy atom. The van der Waals surface area contributed by atoms with E-state index in [1.807, 2.05) is 51.0 Å². The molecule has 0 atom stereocenters. The van der Waals surface area contributed by atoms with Crippen molar-refractivity contribution in [2.75, 3.05) is 45.3 Å². The molecule has 1 rings (SSSR count). The summed E-state index contributed by atoms with van der Waals surface area (Å²) in [5, 5.41) is 2.85. The van der Waals surface area contributed by atoms with Gasteiger partial charge in [-0.25, -0.2) is 12.7 Å². The molecule has 0 bridgehead atoms. The molecular weight excluding hydrogens is 326 g/mol. The number of anilines is 1. The van der Waals surface area contributed by atoms with Crippen molar-refractivity contribution in [1.29, 1.82) is 0 Å². The molecule has 0 aromatic heterocycles. The van der Waals surface area contributed by atoms with Crippen LogP contribution in [0.4, 0.5) is 5.69 Å². The van der Waals surface area contributed by atoms with Crippen molar-refractivity contribution in [3.8, 4) is 0 Å². The van der Waals surface area contributed by atoms with Gasteiger partial charge in [-0.05, 0) is 52.5 Å². The van der Waals surface area contributed by atoms with Crippen molar-refractivity contribution in [2.24, 2.45) is 0 Å². The van der Waals surface area contributed by atoms with Crippen molar-refractivity contribution in [3.63, 3.8) is 0 Å². The molecule has 24 heavy (non-hydrogen) atoms. The molecule has 1 aromatic rings. The SMILES string of the molecule is Cc1ccc(NC(=O)CCN(CCCN(C)C)S(C)(=O)=O)c(C)c1. The number of amides is 1. The van der Waals surface area contributed by atoms with Gasteiger partial charge in [-0.3, -0.25) is 4.79 Å². The molecule has 0 heterocycles. The number of aryl methyl sites for hydroxylation is 2. The zero-order chi connectivity index (χ0) is 18.3. The zero-order valence-corrected chi connectivity index (χ0v) is 16.1. The average molecular weight is 356 g/mol. The molecule has 1 N–H and O–H groups in total. The number of benzene rings is 1. The van der Waals surface area contributed by atoms with Crippen LogP contribution < -0.4 is 5.32 Å². The minimum Gasteiger partial charge on any atom is -0.326 e. The smallest absolute Gasteiger partial charge is 0.225 e. The topological polar surface area (TPSA) is 69.7 Å². The molecule has 0 spiro atoms. The lowest BCUT2D eigenvalue weighted by molar-refractivity contribution is -0.116. The van der Waals surface area contributed by atoms with Crippen LogP contribution in [-0.4, -0.2) is 63.5 Å². The van der Waals surface area contributed by atoms with Gasteiger partial charge in [0.05, 0.1) is 6.26 Å². The molecular formula is C17H29N3O3S.